The van der Waals surface area contributed by atoms with E-state index in [1.807, 2.05) is 27.7 Å². The van der Waals surface area contributed by atoms with Gasteiger partial charge in [-0.25, -0.2) is 0 Å². The molecule has 3 unspecified atom stereocenters. The van der Waals surface area contributed by atoms with Crippen LogP contribution in [0.5, 0.6) is 0 Å². The fourth-order valence-electron chi connectivity index (χ4n) is 4.92. The summed E-state index contributed by atoms with van der Waals surface area (Å²) in [6.45, 7) is 7.83. The first-order chi connectivity index (χ1) is 12.7. The largest absolute Gasteiger partial charge is 0.324 e. The number of hydrogen-bond acceptors (Lipinski definition) is 4. The van der Waals surface area contributed by atoms with Crippen molar-refractivity contribution in [3.63, 3.8) is 0 Å². The van der Waals surface area contributed by atoms with Crippen LogP contribution >= 0.6 is 11.6 Å². The molecule has 3 heterocycles. The van der Waals surface area contributed by atoms with E-state index in [0.29, 0.717) is 22.7 Å². The van der Waals surface area contributed by atoms with Crippen molar-refractivity contribution in [3.05, 3.63) is 28.8 Å². The fraction of sp³-hybridized carbons (Fsp3) is 0.550. The smallest absolute Gasteiger partial charge is 0.250 e. The van der Waals surface area contributed by atoms with E-state index in [0.717, 1.165) is 0 Å². The van der Waals surface area contributed by atoms with Gasteiger partial charge in [-0.1, -0.05) is 32.4 Å². The van der Waals surface area contributed by atoms with Gasteiger partial charge in [-0.3, -0.25) is 24.6 Å². The number of nitrogens with zero attached hydrogens (tertiary/aromatic N) is 1. The molecule has 2 saturated heterocycles. The fourth-order valence-corrected chi connectivity index (χ4v) is 5.09. The van der Waals surface area contributed by atoms with E-state index in [2.05, 4.69) is 10.6 Å². The van der Waals surface area contributed by atoms with E-state index >= 15 is 0 Å². The number of amides is 3. The highest BCUT2D eigenvalue weighted by molar-refractivity contribution is 6.31. The number of fused-ring (bicyclic) bond motifs is 4. The second kappa shape index (κ2) is 6.04. The van der Waals surface area contributed by atoms with Gasteiger partial charge in [0.05, 0.1) is 11.8 Å². The summed E-state index contributed by atoms with van der Waals surface area (Å²) in [5.74, 6) is -1.96. The summed E-state index contributed by atoms with van der Waals surface area (Å²) >= 11 is 6.21. The number of rotatable bonds is 3. The van der Waals surface area contributed by atoms with Crippen LogP contribution in [0.2, 0.25) is 5.02 Å². The van der Waals surface area contributed by atoms with Gasteiger partial charge in [0.1, 0.15) is 5.54 Å². The molecule has 27 heavy (non-hydrogen) atoms. The summed E-state index contributed by atoms with van der Waals surface area (Å²) in [5.41, 5.74) is 0.0435. The van der Waals surface area contributed by atoms with Gasteiger partial charge in [0.2, 0.25) is 17.7 Å². The molecule has 3 aliphatic rings. The summed E-state index contributed by atoms with van der Waals surface area (Å²) < 4.78 is 0. The Kier molecular flexibility index (Phi) is 4.13. The lowest BCUT2D eigenvalue weighted by Gasteiger charge is -2.31. The SMILES string of the molecule is CCC(C)N1C(=O)[C@@H]2C(C(C)C)NC3(C(=O)Nc4ccc(Cl)cc43)[C@@H]2C1=O. The number of likely N-dealkylation sites (tertiary alicyclic amines) is 1. The second-order valence-electron chi connectivity index (χ2n) is 8.17. The molecule has 2 N–H and O–H groups in total. The van der Waals surface area contributed by atoms with Gasteiger partial charge in [-0.15, -0.1) is 0 Å². The Hall–Kier alpha value is -1.92. The van der Waals surface area contributed by atoms with Crippen LogP contribution in [-0.2, 0) is 19.9 Å². The minimum absolute atomic E-state index is 0.0848. The Balaban J connectivity index is 1.92. The molecule has 0 bridgehead atoms. The minimum atomic E-state index is -1.26. The highest BCUT2D eigenvalue weighted by Gasteiger charge is 2.71. The van der Waals surface area contributed by atoms with Crippen molar-refractivity contribution >= 4 is 35.0 Å². The first-order valence-electron chi connectivity index (χ1n) is 9.50. The maximum atomic E-state index is 13.4. The summed E-state index contributed by atoms with van der Waals surface area (Å²) in [6, 6.07) is 4.72. The molecular formula is C20H24ClN3O3. The van der Waals surface area contributed by atoms with Crippen LogP contribution < -0.4 is 10.6 Å². The third-order valence-electron chi connectivity index (χ3n) is 6.40. The summed E-state index contributed by atoms with van der Waals surface area (Å²) in [4.78, 5) is 41.2. The van der Waals surface area contributed by atoms with E-state index in [-0.39, 0.29) is 35.7 Å². The number of carbonyl (C=O) groups is 3. The molecule has 144 valence electrons. The zero-order valence-corrected chi connectivity index (χ0v) is 16.6. The predicted octanol–water partition coefficient (Wildman–Crippen LogP) is 2.51. The molecule has 1 aromatic carbocycles. The maximum Gasteiger partial charge on any atom is 0.250 e. The van der Waals surface area contributed by atoms with Crippen LogP contribution in [0.1, 0.15) is 39.7 Å². The highest BCUT2D eigenvalue weighted by atomic mass is 35.5. The quantitative estimate of drug-likeness (QED) is 0.778. The number of carbonyl (C=O) groups excluding carboxylic acids is 3. The van der Waals surface area contributed by atoms with E-state index in [1.165, 1.54) is 4.90 Å². The monoisotopic (exact) mass is 389 g/mol. The molecule has 0 aromatic heterocycles. The highest BCUT2D eigenvalue weighted by Crippen LogP contribution is 2.54. The predicted molar refractivity (Wildman–Crippen MR) is 102 cm³/mol. The van der Waals surface area contributed by atoms with Crippen molar-refractivity contribution in [2.24, 2.45) is 17.8 Å². The molecule has 7 heteroatoms. The Morgan fingerprint density at radius 2 is 1.89 bits per heavy atom. The molecule has 1 spiro atoms. The van der Waals surface area contributed by atoms with Crippen molar-refractivity contribution in [2.75, 3.05) is 5.32 Å². The van der Waals surface area contributed by atoms with Gasteiger partial charge >= 0.3 is 0 Å². The van der Waals surface area contributed by atoms with Gasteiger partial charge in [-0.2, -0.15) is 0 Å². The Labute approximate surface area is 163 Å². The zero-order valence-electron chi connectivity index (χ0n) is 15.9. The molecule has 6 nitrogen and oxygen atoms in total. The van der Waals surface area contributed by atoms with Gasteiger partial charge in [-0.05, 0) is 37.5 Å². The van der Waals surface area contributed by atoms with E-state index in [9.17, 15) is 14.4 Å². The number of benzene rings is 1. The van der Waals surface area contributed by atoms with Crippen molar-refractivity contribution in [1.29, 1.82) is 0 Å². The number of anilines is 1. The molecule has 0 radical (unpaired) electrons. The Morgan fingerprint density at radius 1 is 1.19 bits per heavy atom. The molecule has 3 amide bonds. The third kappa shape index (κ3) is 2.26. The zero-order chi connectivity index (χ0) is 19.7. The van der Waals surface area contributed by atoms with E-state index in [4.69, 9.17) is 11.6 Å². The molecule has 5 atom stereocenters. The lowest BCUT2D eigenvalue weighted by atomic mass is 9.76. The first-order valence-corrected chi connectivity index (χ1v) is 9.87. The number of halogens is 1. The lowest BCUT2D eigenvalue weighted by molar-refractivity contribution is -0.145. The van der Waals surface area contributed by atoms with Gasteiger partial charge in [0, 0.05) is 28.4 Å². The van der Waals surface area contributed by atoms with Crippen LogP contribution in [0.25, 0.3) is 0 Å². The van der Waals surface area contributed by atoms with Crippen LogP contribution in [0.15, 0.2) is 18.2 Å². The van der Waals surface area contributed by atoms with Crippen LogP contribution in [0, 0.1) is 17.8 Å². The molecule has 0 saturated carbocycles. The topological polar surface area (TPSA) is 78.5 Å². The number of imide groups is 1. The molecule has 0 aliphatic carbocycles. The lowest BCUT2D eigenvalue weighted by Crippen LogP contribution is -2.54. The van der Waals surface area contributed by atoms with Gasteiger partial charge < -0.3 is 5.32 Å². The van der Waals surface area contributed by atoms with Crippen LogP contribution in [-0.4, -0.2) is 34.7 Å². The average molecular weight is 390 g/mol. The van der Waals surface area contributed by atoms with Crippen LogP contribution in [0.3, 0.4) is 0 Å². The molecule has 1 aromatic rings. The molecule has 4 rings (SSSR count). The molecule has 2 fully saturated rings. The standard InChI is InChI=1S/C20H24ClN3O3/c1-5-10(4)24-17(25)14-15(18(24)26)20(23-16(14)9(2)3)12-8-11(21)6-7-13(12)22-19(20)27/h6-10,14-16,23H,5H2,1-4H3,(H,22,27)/t10?,14-,15-,16?,20?/m0/s1. The van der Waals surface area contributed by atoms with Crippen molar-refractivity contribution in [2.45, 2.75) is 51.7 Å². The van der Waals surface area contributed by atoms with Crippen molar-refractivity contribution in [1.82, 2.24) is 10.2 Å². The molecule has 3 aliphatic heterocycles. The summed E-state index contributed by atoms with van der Waals surface area (Å²) in [7, 11) is 0. The Bertz CT molecular complexity index is 855. The number of nitrogens with one attached hydrogen (secondary N) is 2. The second-order valence-corrected chi connectivity index (χ2v) is 8.61. The van der Waals surface area contributed by atoms with Crippen molar-refractivity contribution < 1.29 is 14.4 Å². The Morgan fingerprint density at radius 3 is 2.52 bits per heavy atom. The van der Waals surface area contributed by atoms with E-state index in [1.54, 1.807) is 18.2 Å². The summed E-state index contributed by atoms with van der Waals surface area (Å²) in [5, 5.41) is 6.77. The first kappa shape index (κ1) is 18.4. The maximum absolute atomic E-state index is 13.4. The summed E-state index contributed by atoms with van der Waals surface area (Å²) in [6.07, 6.45) is 0.679. The van der Waals surface area contributed by atoms with Gasteiger partial charge in [0.25, 0.3) is 0 Å². The average Bonchev–Trinajstić information content (AvgIpc) is 3.20. The van der Waals surface area contributed by atoms with E-state index < -0.39 is 17.4 Å². The normalized spacial score (nSPS) is 33.0. The van der Waals surface area contributed by atoms with Crippen LogP contribution in [0.4, 0.5) is 5.69 Å². The van der Waals surface area contributed by atoms with Crippen molar-refractivity contribution in [3.8, 4) is 0 Å². The third-order valence-corrected chi connectivity index (χ3v) is 6.63. The minimum Gasteiger partial charge on any atom is -0.324 e. The molecular weight excluding hydrogens is 366 g/mol. The number of hydrogen-bond donors (Lipinski definition) is 2. The van der Waals surface area contributed by atoms with Gasteiger partial charge in [0.15, 0.2) is 0 Å².